The molecule has 1 atom stereocenters. The fourth-order valence-electron chi connectivity index (χ4n) is 3.37. The molecular weight excluding hydrogens is 438 g/mol. The van der Waals surface area contributed by atoms with Crippen LogP contribution in [0, 0.1) is 17.3 Å². The van der Waals surface area contributed by atoms with Crippen molar-refractivity contribution in [1.29, 1.82) is 0 Å². The molecule has 9 nitrogen and oxygen atoms in total. The Morgan fingerprint density at radius 2 is 1.38 bits per heavy atom. The summed E-state index contributed by atoms with van der Waals surface area (Å²) in [5.74, 6) is 0.707. The third-order valence-corrected chi connectivity index (χ3v) is 5.54. The monoisotopic (exact) mass is 487 g/mol. The van der Waals surface area contributed by atoms with Gasteiger partial charge in [0.25, 0.3) is 0 Å². The number of nitrogens with one attached hydrogen (secondary N) is 1. The minimum Gasteiger partial charge on any atom is -0.355 e. The first kappa shape index (κ1) is 30.9. The Hall–Kier alpha value is -1.10. The number of Topliss-reactive ketones (excluding diaryl/α,β-unsaturated/α-hetero) is 1. The van der Waals surface area contributed by atoms with Crippen molar-refractivity contribution in [2.75, 3.05) is 39.5 Å². The van der Waals surface area contributed by atoms with Crippen LogP contribution in [0.5, 0.6) is 0 Å². The molecule has 1 unspecified atom stereocenters. The number of hydrogen-bond acceptors (Lipinski definition) is 8. The largest absolute Gasteiger partial charge is 0.355 e. The maximum Gasteiger partial charge on any atom is 0.236 e. The highest BCUT2D eigenvalue weighted by molar-refractivity contribution is 5.84. The lowest BCUT2D eigenvalue weighted by molar-refractivity contribution is -0.304. The van der Waals surface area contributed by atoms with E-state index in [9.17, 15) is 9.59 Å². The first-order valence-electron chi connectivity index (χ1n) is 12.8. The summed E-state index contributed by atoms with van der Waals surface area (Å²) >= 11 is 0. The van der Waals surface area contributed by atoms with Gasteiger partial charge in [-0.1, -0.05) is 34.6 Å². The van der Waals surface area contributed by atoms with Crippen LogP contribution in [0.15, 0.2) is 0 Å². The summed E-state index contributed by atoms with van der Waals surface area (Å²) in [5, 5.41) is 2.82. The topological polar surface area (TPSA) is 135 Å². The van der Waals surface area contributed by atoms with Crippen LogP contribution in [0.2, 0.25) is 0 Å². The van der Waals surface area contributed by atoms with Crippen LogP contribution in [0.25, 0.3) is 0 Å². The predicted molar refractivity (Wildman–Crippen MR) is 132 cm³/mol. The molecule has 0 radical (unpaired) electrons. The van der Waals surface area contributed by atoms with Gasteiger partial charge in [0.2, 0.25) is 5.91 Å². The van der Waals surface area contributed by atoms with Crippen molar-refractivity contribution >= 4 is 11.7 Å². The second kappa shape index (κ2) is 16.5. The first-order chi connectivity index (χ1) is 16.1. The summed E-state index contributed by atoms with van der Waals surface area (Å²) in [6.45, 7) is 13.5. The van der Waals surface area contributed by atoms with Gasteiger partial charge in [-0.05, 0) is 38.1 Å². The van der Waals surface area contributed by atoms with E-state index in [1.54, 1.807) is 0 Å². The zero-order chi connectivity index (χ0) is 25.6. The lowest BCUT2D eigenvalue weighted by Gasteiger charge is -2.43. The summed E-state index contributed by atoms with van der Waals surface area (Å²) < 4.78 is 23.3. The molecule has 1 amide bonds. The average Bonchev–Trinajstić information content (AvgIpc) is 2.80. The Bertz CT molecular complexity index is 566. The molecule has 0 aromatic rings. The summed E-state index contributed by atoms with van der Waals surface area (Å²) in [6.07, 6.45) is 3.31. The molecule has 2 rings (SSSR count). The van der Waals surface area contributed by atoms with Crippen molar-refractivity contribution in [1.82, 2.24) is 5.32 Å². The Labute approximate surface area is 205 Å². The zero-order valence-corrected chi connectivity index (χ0v) is 22.0. The molecule has 0 aromatic carbocycles. The van der Waals surface area contributed by atoms with E-state index in [1.165, 1.54) is 0 Å². The van der Waals surface area contributed by atoms with E-state index >= 15 is 0 Å². The molecule has 2 saturated heterocycles. The standard InChI is InChI=1S/C21H39N3O6.C4H10/c1-15(2)17(25)8-7-16(23)20(26)24-10-4-6-19-29-13-21(14-30-19)11-27-18(28-12-21)5-3-9-22;1-4(2)3/h15-16,18-19H,3-14,22-23H2,1-2H3,(H,24,26);4H,1-3H3. The Balaban J connectivity index is 0.00000133. The Morgan fingerprint density at radius 3 is 1.82 bits per heavy atom. The minimum absolute atomic E-state index is 0.0285. The third-order valence-electron chi connectivity index (χ3n) is 5.54. The highest BCUT2D eigenvalue weighted by Crippen LogP contribution is 2.31. The number of nitrogens with two attached hydrogens (primary N) is 2. The van der Waals surface area contributed by atoms with Crippen LogP contribution >= 0.6 is 0 Å². The Kier molecular flexibility index (Phi) is 15.1. The van der Waals surface area contributed by atoms with Gasteiger partial charge in [-0.15, -0.1) is 0 Å². The van der Waals surface area contributed by atoms with Crippen LogP contribution < -0.4 is 16.8 Å². The van der Waals surface area contributed by atoms with Crippen LogP contribution in [-0.2, 0) is 28.5 Å². The molecular formula is C25H49N3O6. The van der Waals surface area contributed by atoms with Gasteiger partial charge in [-0.3, -0.25) is 9.59 Å². The molecule has 34 heavy (non-hydrogen) atoms. The number of ketones is 1. The molecule has 0 saturated carbocycles. The van der Waals surface area contributed by atoms with Crippen molar-refractivity contribution in [3.05, 3.63) is 0 Å². The zero-order valence-electron chi connectivity index (χ0n) is 22.0. The molecule has 9 heteroatoms. The lowest BCUT2D eigenvalue weighted by Crippen LogP contribution is -2.52. The molecule has 200 valence electrons. The number of hydrogen-bond donors (Lipinski definition) is 3. The molecule has 2 heterocycles. The van der Waals surface area contributed by atoms with Crippen molar-refractivity contribution < 1.29 is 28.5 Å². The highest BCUT2D eigenvalue weighted by Gasteiger charge is 2.41. The van der Waals surface area contributed by atoms with Gasteiger partial charge in [0.15, 0.2) is 12.6 Å². The minimum atomic E-state index is -0.658. The quantitative estimate of drug-likeness (QED) is 0.357. The highest BCUT2D eigenvalue weighted by atomic mass is 16.7. The Morgan fingerprint density at radius 1 is 0.912 bits per heavy atom. The lowest BCUT2D eigenvalue weighted by atomic mass is 9.90. The fraction of sp³-hybridized carbons (Fsp3) is 0.920. The smallest absolute Gasteiger partial charge is 0.236 e. The summed E-state index contributed by atoms with van der Waals surface area (Å²) in [5.41, 5.74) is 11.1. The van der Waals surface area contributed by atoms with Crippen molar-refractivity contribution in [3.63, 3.8) is 0 Å². The molecule has 2 aliphatic heterocycles. The molecule has 2 fully saturated rings. The number of amides is 1. The van der Waals surface area contributed by atoms with Crippen molar-refractivity contribution in [2.45, 2.75) is 91.8 Å². The molecule has 2 aliphatic rings. The fourth-order valence-corrected chi connectivity index (χ4v) is 3.37. The SMILES string of the molecule is CC(C)C.CC(C)C(=O)CCC(N)C(=O)NCCCC1OCC2(COC(CCCN)OC2)CO1. The summed E-state index contributed by atoms with van der Waals surface area (Å²) in [6, 6.07) is -0.658. The maximum absolute atomic E-state index is 12.0. The van der Waals surface area contributed by atoms with E-state index < -0.39 is 6.04 Å². The van der Waals surface area contributed by atoms with Gasteiger partial charge in [0, 0.05) is 25.3 Å². The molecule has 1 spiro atoms. The van der Waals surface area contributed by atoms with Crippen molar-refractivity contribution in [3.8, 4) is 0 Å². The second-order valence-electron chi connectivity index (χ2n) is 10.5. The molecule has 0 aliphatic carbocycles. The molecule has 0 bridgehead atoms. The van der Waals surface area contributed by atoms with E-state index in [0.717, 1.165) is 25.2 Å². The van der Waals surface area contributed by atoms with Crippen LogP contribution in [-0.4, -0.2) is 69.8 Å². The number of rotatable bonds is 12. The normalized spacial score (nSPS) is 25.7. The van der Waals surface area contributed by atoms with E-state index in [-0.39, 0.29) is 35.6 Å². The van der Waals surface area contributed by atoms with E-state index in [0.29, 0.717) is 58.8 Å². The first-order valence-corrected chi connectivity index (χ1v) is 12.8. The molecule has 0 aromatic heterocycles. The third kappa shape index (κ3) is 12.6. The van der Waals surface area contributed by atoms with Crippen LogP contribution in [0.4, 0.5) is 0 Å². The van der Waals surface area contributed by atoms with Gasteiger partial charge < -0.3 is 35.7 Å². The van der Waals surface area contributed by atoms with Crippen LogP contribution in [0.3, 0.4) is 0 Å². The van der Waals surface area contributed by atoms with E-state index in [1.807, 2.05) is 13.8 Å². The predicted octanol–water partition coefficient (Wildman–Crippen LogP) is 2.35. The average molecular weight is 488 g/mol. The second-order valence-corrected chi connectivity index (χ2v) is 10.5. The van der Waals surface area contributed by atoms with Gasteiger partial charge in [0.05, 0.1) is 37.9 Å². The summed E-state index contributed by atoms with van der Waals surface area (Å²) in [4.78, 5) is 23.7. The summed E-state index contributed by atoms with van der Waals surface area (Å²) in [7, 11) is 0. The van der Waals surface area contributed by atoms with Gasteiger partial charge in [0.1, 0.15) is 5.78 Å². The van der Waals surface area contributed by atoms with Crippen molar-refractivity contribution in [2.24, 2.45) is 28.7 Å². The number of carbonyl (C=O) groups excluding carboxylic acids is 2. The van der Waals surface area contributed by atoms with Gasteiger partial charge >= 0.3 is 0 Å². The van der Waals surface area contributed by atoms with Gasteiger partial charge in [-0.2, -0.15) is 0 Å². The van der Waals surface area contributed by atoms with Gasteiger partial charge in [-0.25, -0.2) is 0 Å². The molecule has 5 N–H and O–H groups in total. The van der Waals surface area contributed by atoms with Crippen LogP contribution in [0.1, 0.15) is 73.1 Å². The van der Waals surface area contributed by atoms with E-state index in [2.05, 4.69) is 26.1 Å². The number of ether oxygens (including phenoxy) is 4. The maximum atomic E-state index is 12.0. The number of carbonyl (C=O) groups is 2. The van der Waals surface area contributed by atoms with E-state index in [4.69, 9.17) is 30.4 Å².